The first kappa shape index (κ1) is 9.34. The van der Waals surface area contributed by atoms with Gasteiger partial charge >= 0.3 is 0 Å². The molecule has 0 aromatic heterocycles. The molecule has 1 aromatic rings. The number of hydrogen-bond acceptors (Lipinski definition) is 1. The summed E-state index contributed by atoms with van der Waals surface area (Å²) >= 11 is 0. The van der Waals surface area contributed by atoms with Crippen LogP contribution in [0.1, 0.15) is 30.9 Å². The largest absolute Gasteiger partial charge is 0.392 e. The molecule has 3 unspecified atom stereocenters. The highest BCUT2D eigenvalue weighted by atomic mass is 19.1. The van der Waals surface area contributed by atoms with Crippen LogP contribution in [0.15, 0.2) is 18.2 Å². The molecule has 0 bridgehead atoms. The molecule has 1 N–H and O–H groups in total. The fraction of sp³-hybridized carbons (Fsp3) is 0.538. The second-order valence-electron chi connectivity index (χ2n) is 5.45. The molecule has 2 heteroatoms. The van der Waals surface area contributed by atoms with Gasteiger partial charge in [0.2, 0.25) is 0 Å². The van der Waals surface area contributed by atoms with Gasteiger partial charge in [0.05, 0.1) is 6.10 Å². The van der Waals surface area contributed by atoms with E-state index < -0.39 is 0 Å². The Morgan fingerprint density at radius 3 is 2.87 bits per heavy atom. The van der Waals surface area contributed by atoms with Gasteiger partial charge in [0.25, 0.3) is 0 Å². The Morgan fingerprint density at radius 1 is 1.40 bits per heavy atom. The van der Waals surface area contributed by atoms with Gasteiger partial charge in [-0.25, -0.2) is 4.39 Å². The summed E-state index contributed by atoms with van der Waals surface area (Å²) in [6.07, 6.45) is 0.598. The molecule has 0 spiro atoms. The number of hydrogen-bond donors (Lipinski definition) is 1. The third-order valence-corrected chi connectivity index (χ3v) is 4.29. The smallest absolute Gasteiger partial charge is 0.123 e. The van der Waals surface area contributed by atoms with E-state index in [1.165, 1.54) is 11.6 Å². The van der Waals surface area contributed by atoms with Crippen molar-refractivity contribution in [3.8, 4) is 0 Å². The van der Waals surface area contributed by atoms with Crippen LogP contribution < -0.4 is 0 Å². The number of rotatable bonds is 0. The van der Waals surface area contributed by atoms with E-state index in [1.54, 1.807) is 6.07 Å². The van der Waals surface area contributed by atoms with Crippen molar-refractivity contribution < 1.29 is 9.50 Å². The molecule has 0 aliphatic heterocycles. The first-order valence-electron chi connectivity index (χ1n) is 5.48. The quantitative estimate of drug-likeness (QED) is 0.691. The highest BCUT2D eigenvalue weighted by molar-refractivity contribution is 5.42. The lowest BCUT2D eigenvalue weighted by molar-refractivity contribution is -0.115. The molecule has 1 nitrogen and oxygen atoms in total. The topological polar surface area (TPSA) is 20.2 Å². The fourth-order valence-electron chi connectivity index (χ4n) is 3.52. The number of benzene rings is 1. The maximum Gasteiger partial charge on any atom is 0.123 e. The average Bonchev–Trinajstić information content (AvgIpc) is 2.53. The van der Waals surface area contributed by atoms with Crippen LogP contribution in [0, 0.1) is 17.2 Å². The highest BCUT2D eigenvalue weighted by Gasteiger charge is 2.59. The van der Waals surface area contributed by atoms with Crippen molar-refractivity contribution in [2.45, 2.75) is 32.3 Å². The zero-order valence-corrected chi connectivity index (χ0v) is 9.00. The summed E-state index contributed by atoms with van der Waals surface area (Å²) in [4.78, 5) is 0. The highest BCUT2D eigenvalue weighted by Crippen LogP contribution is 2.61. The minimum Gasteiger partial charge on any atom is -0.392 e. The maximum atomic E-state index is 13.1. The average molecular weight is 206 g/mol. The Hall–Kier alpha value is -0.890. The summed E-state index contributed by atoms with van der Waals surface area (Å²) in [5, 5.41) is 9.99. The van der Waals surface area contributed by atoms with Crippen molar-refractivity contribution in [3.63, 3.8) is 0 Å². The molecule has 2 aliphatic rings. The van der Waals surface area contributed by atoms with Crippen LogP contribution in [-0.2, 0) is 6.42 Å². The van der Waals surface area contributed by atoms with E-state index in [0.717, 1.165) is 12.0 Å². The molecule has 3 atom stereocenters. The van der Waals surface area contributed by atoms with Gasteiger partial charge in [0.15, 0.2) is 0 Å². The first-order valence-corrected chi connectivity index (χ1v) is 5.48. The van der Waals surface area contributed by atoms with E-state index in [2.05, 4.69) is 13.8 Å². The predicted molar refractivity (Wildman–Crippen MR) is 56.1 cm³/mol. The zero-order chi connectivity index (χ0) is 10.8. The Balaban J connectivity index is 2.07. The van der Waals surface area contributed by atoms with Gasteiger partial charge in [-0.15, -0.1) is 0 Å². The molecule has 1 saturated carbocycles. The third kappa shape index (κ3) is 1.01. The summed E-state index contributed by atoms with van der Waals surface area (Å²) in [7, 11) is 0. The molecule has 0 heterocycles. The van der Waals surface area contributed by atoms with Crippen molar-refractivity contribution in [1.29, 1.82) is 0 Å². The van der Waals surface area contributed by atoms with Gasteiger partial charge in [0, 0.05) is 0 Å². The molecule has 1 aromatic carbocycles. The van der Waals surface area contributed by atoms with Crippen molar-refractivity contribution in [2.75, 3.05) is 0 Å². The summed E-state index contributed by atoms with van der Waals surface area (Å²) in [5.74, 6) is 0.572. The van der Waals surface area contributed by atoms with E-state index in [0.29, 0.717) is 11.8 Å². The predicted octanol–water partition coefficient (Wildman–Crippen LogP) is 2.48. The summed E-state index contributed by atoms with van der Waals surface area (Å²) in [6.45, 7) is 4.19. The van der Waals surface area contributed by atoms with Crippen LogP contribution in [0.2, 0.25) is 0 Å². The van der Waals surface area contributed by atoms with Crippen molar-refractivity contribution in [3.05, 3.63) is 35.1 Å². The minimum absolute atomic E-state index is 0.0479. The molecular weight excluding hydrogens is 191 g/mol. The maximum absolute atomic E-state index is 13.1. The lowest BCUT2D eigenvalue weighted by Gasteiger charge is -2.53. The van der Waals surface area contributed by atoms with E-state index in [1.807, 2.05) is 6.07 Å². The van der Waals surface area contributed by atoms with Crippen LogP contribution >= 0.6 is 0 Å². The summed E-state index contributed by atoms with van der Waals surface area (Å²) in [6, 6.07) is 5.04. The fourth-order valence-corrected chi connectivity index (χ4v) is 3.52. The van der Waals surface area contributed by atoms with Crippen LogP contribution in [-0.4, -0.2) is 11.2 Å². The molecule has 3 rings (SSSR count). The molecule has 2 aliphatic carbocycles. The van der Waals surface area contributed by atoms with E-state index in [4.69, 9.17) is 0 Å². The molecule has 0 saturated heterocycles. The second kappa shape index (κ2) is 2.62. The summed E-state index contributed by atoms with van der Waals surface area (Å²) in [5.41, 5.74) is 2.29. The third-order valence-electron chi connectivity index (χ3n) is 4.29. The van der Waals surface area contributed by atoms with Crippen LogP contribution in [0.5, 0.6) is 0 Å². The number of aliphatic hydroxyl groups is 1. The zero-order valence-electron chi connectivity index (χ0n) is 9.00. The molecule has 80 valence electrons. The van der Waals surface area contributed by atoms with Crippen molar-refractivity contribution in [2.24, 2.45) is 11.3 Å². The van der Waals surface area contributed by atoms with E-state index in [-0.39, 0.29) is 17.3 Å². The van der Waals surface area contributed by atoms with Crippen LogP contribution in [0.4, 0.5) is 4.39 Å². The van der Waals surface area contributed by atoms with Gasteiger partial charge in [-0.1, -0.05) is 19.9 Å². The molecule has 0 radical (unpaired) electrons. The lowest BCUT2D eigenvalue weighted by Crippen LogP contribution is -2.54. The Morgan fingerprint density at radius 2 is 2.13 bits per heavy atom. The van der Waals surface area contributed by atoms with Crippen LogP contribution in [0.25, 0.3) is 0 Å². The number of aliphatic hydroxyl groups excluding tert-OH is 1. The molecular formula is C13H15FO. The SMILES string of the molecule is CC1(C)C(O)C2Cc3cc(F)ccc3C21. The van der Waals surface area contributed by atoms with Crippen molar-refractivity contribution >= 4 is 0 Å². The van der Waals surface area contributed by atoms with Gasteiger partial charge < -0.3 is 5.11 Å². The summed E-state index contributed by atoms with van der Waals surface area (Å²) < 4.78 is 13.1. The Labute approximate surface area is 88.9 Å². The molecule has 1 fully saturated rings. The second-order valence-corrected chi connectivity index (χ2v) is 5.45. The van der Waals surface area contributed by atoms with Gasteiger partial charge in [-0.05, 0) is 46.9 Å². The van der Waals surface area contributed by atoms with Gasteiger partial charge in [-0.2, -0.15) is 0 Å². The van der Waals surface area contributed by atoms with E-state index in [9.17, 15) is 9.50 Å². The van der Waals surface area contributed by atoms with Gasteiger partial charge in [0.1, 0.15) is 5.82 Å². The van der Waals surface area contributed by atoms with E-state index >= 15 is 0 Å². The Bertz CT molecular complexity index is 425. The monoisotopic (exact) mass is 206 g/mol. The van der Waals surface area contributed by atoms with Gasteiger partial charge in [-0.3, -0.25) is 0 Å². The molecule has 15 heavy (non-hydrogen) atoms. The standard InChI is InChI=1S/C13H15FO/c1-13(2)11-9-4-3-8(14)5-7(9)6-10(11)12(13)15/h3-5,10-12,15H,6H2,1-2H3. The minimum atomic E-state index is -0.238. The van der Waals surface area contributed by atoms with Crippen molar-refractivity contribution in [1.82, 2.24) is 0 Å². The Kier molecular flexibility index (Phi) is 1.63. The first-order chi connectivity index (χ1) is 7.01. The lowest BCUT2D eigenvalue weighted by atomic mass is 9.53. The normalized spacial score (nSPS) is 35.6. The van der Waals surface area contributed by atoms with Crippen LogP contribution in [0.3, 0.4) is 0 Å². The number of fused-ring (bicyclic) bond motifs is 3. The number of halogens is 1. The molecule has 0 amide bonds.